The average molecular weight is 338 g/mol. The van der Waals surface area contributed by atoms with Crippen molar-refractivity contribution in [2.24, 2.45) is 14.1 Å². The minimum atomic E-state index is -0.541. The highest BCUT2D eigenvalue weighted by Crippen LogP contribution is 2.29. The third-order valence-electron chi connectivity index (χ3n) is 4.14. The molecule has 2 aromatic rings. The van der Waals surface area contributed by atoms with Gasteiger partial charge in [0, 0.05) is 44.2 Å². The topological polar surface area (TPSA) is 65.2 Å². The first-order chi connectivity index (χ1) is 10.9. The highest BCUT2D eigenvalue weighted by atomic mass is 35.5. The van der Waals surface area contributed by atoms with Crippen molar-refractivity contribution in [3.63, 3.8) is 0 Å². The van der Waals surface area contributed by atoms with Gasteiger partial charge in [0.15, 0.2) is 5.15 Å². The van der Waals surface area contributed by atoms with E-state index in [1.807, 2.05) is 25.1 Å². The average Bonchev–Trinajstić information content (AvgIpc) is 3.05. The predicted molar refractivity (Wildman–Crippen MR) is 85.0 cm³/mol. The maximum Gasteiger partial charge on any atom is 0.227 e. The summed E-state index contributed by atoms with van der Waals surface area (Å²) in [5.74, 6) is 0.0262. The van der Waals surface area contributed by atoms with E-state index in [0.717, 1.165) is 11.1 Å². The molecule has 1 atom stereocenters. The molecule has 8 heteroatoms. The monoisotopic (exact) mass is 337 g/mol. The fraction of sp³-hybridized carbons (Fsp3) is 0.533. The van der Waals surface area contributed by atoms with Crippen LogP contribution in [0.1, 0.15) is 18.1 Å². The second kappa shape index (κ2) is 5.98. The number of carbonyl (C=O) groups excluding carboxylic acids is 1. The van der Waals surface area contributed by atoms with Crippen molar-refractivity contribution in [1.29, 1.82) is 0 Å². The van der Waals surface area contributed by atoms with E-state index >= 15 is 0 Å². The van der Waals surface area contributed by atoms with Crippen LogP contribution in [0.15, 0.2) is 18.6 Å². The minimum Gasteiger partial charge on any atom is -0.367 e. The van der Waals surface area contributed by atoms with Gasteiger partial charge < -0.3 is 9.64 Å². The van der Waals surface area contributed by atoms with Gasteiger partial charge >= 0.3 is 0 Å². The zero-order valence-corrected chi connectivity index (χ0v) is 14.2. The molecule has 1 amide bonds. The summed E-state index contributed by atoms with van der Waals surface area (Å²) in [5, 5.41) is 8.64. The molecule has 3 rings (SSSR count). The van der Waals surface area contributed by atoms with E-state index in [-0.39, 0.29) is 12.3 Å². The number of hydrogen-bond donors (Lipinski definition) is 0. The lowest BCUT2D eigenvalue weighted by Gasteiger charge is -2.40. The smallest absolute Gasteiger partial charge is 0.227 e. The van der Waals surface area contributed by atoms with E-state index in [1.54, 1.807) is 28.8 Å². The molecule has 1 saturated heterocycles. The SMILES string of the molecule is Cn1cc(C2(C)CN(C(=O)Cc3cn(C)nc3Cl)CCO2)cn1. The van der Waals surface area contributed by atoms with Gasteiger partial charge in [0.1, 0.15) is 5.60 Å². The lowest BCUT2D eigenvalue weighted by molar-refractivity contribution is -0.149. The Balaban J connectivity index is 1.73. The Morgan fingerprint density at radius 1 is 1.39 bits per heavy atom. The molecule has 3 heterocycles. The molecule has 7 nitrogen and oxygen atoms in total. The first kappa shape index (κ1) is 16.0. The molecular formula is C15H20ClN5O2. The highest BCUT2D eigenvalue weighted by Gasteiger charge is 2.36. The maximum atomic E-state index is 12.6. The molecule has 0 N–H and O–H groups in total. The van der Waals surface area contributed by atoms with E-state index in [0.29, 0.717) is 24.8 Å². The zero-order chi connectivity index (χ0) is 16.6. The summed E-state index contributed by atoms with van der Waals surface area (Å²) in [5.41, 5.74) is 1.17. The third kappa shape index (κ3) is 3.25. The fourth-order valence-electron chi connectivity index (χ4n) is 2.86. The maximum absolute atomic E-state index is 12.6. The molecular weight excluding hydrogens is 318 g/mol. The molecule has 0 aromatic carbocycles. The van der Waals surface area contributed by atoms with Crippen molar-refractivity contribution >= 4 is 17.5 Å². The number of rotatable bonds is 3. The van der Waals surface area contributed by atoms with Gasteiger partial charge in [-0.25, -0.2) is 0 Å². The summed E-state index contributed by atoms with van der Waals surface area (Å²) in [4.78, 5) is 14.4. The molecule has 2 aromatic heterocycles. The lowest BCUT2D eigenvalue weighted by Crippen LogP contribution is -2.50. The highest BCUT2D eigenvalue weighted by molar-refractivity contribution is 6.30. The van der Waals surface area contributed by atoms with Crippen molar-refractivity contribution in [3.05, 3.63) is 34.9 Å². The van der Waals surface area contributed by atoms with Gasteiger partial charge in [0.25, 0.3) is 0 Å². The summed E-state index contributed by atoms with van der Waals surface area (Å²) in [6.45, 7) is 3.56. The van der Waals surface area contributed by atoms with Gasteiger partial charge in [-0.1, -0.05) is 11.6 Å². The number of aromatic nitrogens is 4. The third-order valence-corrected chi connectivity index (χ3v) is 4.46. The van der Waals surface area contributed by atoms with Gasteiger partial charge in [0.2, 0.25) is 5.91 Å². The van der Waals surface area contributed by atoms with Crippen LogP contribution in [-0.2, 0) is 35.6 Å². The lowest BCUT2D eigenvalue weighted by atomic mass is 9.96. The number of morpholine rings is 1. The van der Waals surface area contributed by atoms with Crippen LogP contribution < -0.4 is 0 Å². The van der Waals surface area contributed by atoms with Gasteiger partial charge in [-0.15, -0.1) is 0 Å². The van der Waals surface area contributed by atoms with Crippen molar-refractivity contribution in [1.82, 2.24) is 24.5 Å². The standard InChI is InChI=1S/C15H20ClN5O2/c1-15(12-7-17-19(2)9-12)10-21(4-5-23-15)13(22)6-11-8-20(3)18-14(11)16/h7-9H,4-6,10H2,1-3H3. The number of aryl methyl sites for hydroxylation is 2. The molecule has 23 heavy (non-hydrogen) atoms. The zero-order valence-electron chi connectivity index (χ0n) is 13.5. The Hall–Kier alpha value is -1.86. The summed E-state index contributed by atoms with van der Waals surface area (Å²) in [6, 6.07) is 0. The van der Waals surface area contributed by atoms with Crippen LogP contribution in [0, 0.1) is 0 Å². The van der Waals surface area contributed by atoms with Crippen LogP contribution in [0.3, 0.4) is 0 Å². The first-order valence-corrected chi connectivity index (χ1v) is 7.84. The molecule has 0 aliphatic carbocycles. The number of ether oxygens (including phenoxy) is 1. The number of carbonyl (C=O) groups is 1. The van der Waals surface area contributed by atoms with Gasteiger partial charge in [-0.05, 0) is 6.92 Å². The number of halogens is 1. The molecule has 0 saturated carbocycles. The van der Waals surface area contributed by atoms with Gasteiger partial charge in [0.05, 0.1) is 25.8 Å². The van der Waals surface area contributed by atoms with Crippen LogP contribution in [-0.4, -0.2) is 50.1 Å². The van der Waals surface area contributed by atoms with Crippen LogP contribution in [0.2, 0.25) is 5.15 Å². The molecule has 1 unspecified atom stereocenters. The predicted octanol–water partition coefficient (Wildman–Crippen LogP) is 1.12. The van der Waals surface area contributed by atoms with E-state index in [2.05, 4.69) is 10.2 Å². The van der Waals surface area contributed by atoms with Gasteiger partial charge in [-0.2, -0.15) is 10.2 Å². The molecule has 1 aliphatic rings. The second-order valence-electron chi connectivity index (χ2n) is 6.09. The van der Waals surface area contributed by atoms with E-state index in [9.17, 15) is 4.79 Å². The molecule has 0 spiro atoms. The Kier molecular flexibility index (Phi) is 4.16. The molecule has 124 valence electrons. The van der Waals surface area contributed by atoms with Crippen LogP contribution >= 0.6 is 11.6 Å². The van der Waals surface area contributed by atoms with Crippen LogP contribution in [0.4, 0.5) is 0 Å². The number of hydrogen-bond acceptors (Lipinski definition) is 4. The minimum absolute atomic E-state index is 0.0262. The molecule has 0 bridgehead atoms. The quantitative estimate of drug-likeness (QED) is 0.842. The van der Waals surface area contributed by atoms with Crippen LogP contribution in [0.5, 0.6) is 0 Å². The van der Waals surface area contributed by atoms with E-state index in [4.69, 9.17) is 16.3 Å². The Morgan fingerprint density at radius 3 is 2.78 bits per heavy atom. The van der Waals surface area contributed by atoms with E-state index < -0.39 is 5.60 Å². The van der Waals surface area contributed by atoms with Crippen molar-refractivity contribution in [2.45, 2.75) is 18.9 Å². The van der Waals surface area contributed by atoms with Gasteiger partial charge in [-0.3, -0.25) is 14.2 Å². The largest absolute Gasteiger partial charge is 0.367 e. The fourth-order valence-corrected chi connectivity index (χ4v) is 3.09. The number of amides is 1. The molecule has 1 fully saturated rings. The summed E-state index contributed by atoms with van der Waals surface area (Å²) in [6.07, 6.45) is 5.73. The second-order valence-corrected chi connectivity index (χ2v) is 6.45. The van der Waals surface area contributed by atoms with E-state index in [1.165, 1.54) is 0 Å². The van der Waals surface area contributed by atoms with Crippen LogP contribution in [0.25, 0.3) is 0 Å². The first-order valence-electron chi connectivity index (χ1n) is 7.46. The Labute approximate surface area is 139 Å². The molecule has 0 radical (unpaired) electrons. The van der Waals surface area contributed by atoms with Crippen molar-refractivity contribution < 1.29 is 9.53 Å². The summed E-state index contributed by atoms with van der Waals surface area (Å²) >= 11 is 6.04. The Bertz CT molecular complexity index is 725. The summed E-state index contributed by atoms with van der Waals surface area (Å²) in [7, 11) is 3.65. The number of nitrogens with zero attached hydrogens (tertiary/aromatic N) is 5. The van der Waals surface area contributed by atoms with Crippen molar-refractivity contribution in [2.75, 3.05) is 19.7 Å². The molecule has 1 aliphatic heterocycles. The normalized spacial score (nSPS) is 21.7. The van der Waals surface area contributed by atoms with Crippen molar-refractivity contribution in [3.8, 4) is 0 Å². The Morgan fingerprint density at radius 2 is 2.17 bits per heavy atom. The summed E-state index contributed by atoms with van der Waals surface area (Å²) < 4.78 is 9.28.